The lowest BCUT2D eigenvalue weighted by Crippen LogP contribution is -2.28. The van der Waals surface area contributed by atoms with E-state index in [0.717, 1.165) is 29.5 Å². The van der Waals surface area contributed by atoms with Crippen LogP contribution in [-0.4, -0.2) is 17.0 Å². The predicted octanol–water partition coefficient (Wildman–Crippen LogP) is 2.57. The van der Waals surface area contributed by atoms with Gasteiger partial charge in [-0.3, -0.25) is 4.79 Å². The molecule has 0 radical (unpaired) electrons. The van der Waals surface area contributed by atoms with E-state index in [-0.39, 0.29) is 11.5 Å². The van der Waals surface area contributed by atoms with Crippen molar-refractivity contribution in [1.29, 1.82) is 0 Å². The summed E-state index contributed by atoms with van der Waals surface area (Å²) in [7, 11) is 0. The molecule has 0 heterocycles. The third-order valence-corrected chi connectivity index (χ3v) is 4.12. The first-order valence-electron chi connectivity index (χ1n) is 6.77. The van der Waals surface area contributed by atoms with Gasteiger partial charge in [-0.1, -0.05) is 36.4 Å². The number of benzene rings is 2. The summed E-state index contributed by atoms with van der Waals surface area (Å²) < 4.78 is 0. The third kappa shape index (κ3) is 2.29. The third-order valence-electron chi connectivity index (χ3n) is 4.12. The number of carboxylic acids is 1. The number of carboxylic acid groups (broad SMARTS) is 1. The van der Waals surface area contributed by atoms with Crippen LogP contribution >= 0.6 is 0 Å². The molecule has 106 valence electrons. The fourth-order valence-corrected chi connectivity index (χ4v) is 2.59. The zero-order valence-electron chi connectivity index (χ0n) is 11.4. The standard InChI is InChI=1S/C17H15NO3/c18-16(21)17(9-10-17)14-7-5-12(6-8-14)11-1-3-13(4-2-11)15(19)20/h1-8H,9-10H2,(H2,18,21)(H,19,20). The molecule has 0 aromatic heterocycles. The average molecular weight is 281 g/mol. The second kappa shape index (κ2) is 4.74. The van der Waals surface area contributed by atoms with Crippen molar-refractivity contribution in [3.8, 4) is 11.1 Å². The molecule has 1 aliphatic rings. The highest BCUT2D eigenvalue weighted by Crippen LogP contribution is 2.48. The fraction of sp³-hybridized carbons (Fsp3) is 0.176. The summed E-state index contributed by atoms with van der Waals surface area (Å²) >= 11 is 0. The summed E-state index contributed by atoms with van der Waals surface area (Å²) in [4.78, 5) is 22.3. The van der Waals surface area contributed by atoms with Crippen molar-refractivity contribution in [3.63, 3.8) is 0 Å². The minimum absolute atomic E-state index is 0.263. The van der Waals surface area contributed by atoms with Gasteiger partial charge in [0.25, 0.3) is 0 Å². The fourth-order valence-electron chi connectivity index (χ4n) is 2.59. The van der Waals surface area contributed by atoms with Crippen molar-refractivity contribution < 1.29 is 14.7 Å². The number of primary amides is 1. The number of carbonyl (C=O) groups excluding carboxylic acids is 1. The minimum Gasteiger partial charge on any atom is -0.478 e. The van der Waals surface area contributed by atoms with Crippen LogP contribution in [0, 0.1) is 0 Å². The quantitative estimate of drug-likeness (QED) is 0.903. The van der Waals surface area contributed by atoms with E-state index in [0.29, 0.717) is 0 Å². The van der Waals surface area contributed by atoms with E-state index in [2.05, 4.69) is 0 Å². The summed E-state index contributed by atoms with van der Waals surface area (Å²) in [6, 6.07) is 14.5. The molecule has 0 spiro atoms. The van der Waals surface area contributed by atoms with Crippen molar-refractivity contribution >= 4 is 11.9 Å². The van der Waals surface area contributed by atoms with Crippen LogP contribution in [0.5, 0.6) is 0 Å². The second-order valence-corrected chi connectivity index (χ2v) is 5.41. The maximum absolute atomic E-state index is 11.5. The molecule has 0 bridgehead atoms. The Hall–Kier alpha value is -2.62. The summed E-state index contributed by atoms with van der Waals surface area (Å²) in [6.45, 7) is 0. The highest BCUT2D eigenvalue weighted by Gasteiger charge is 2.49. The Morgan fingerprint density at radius 3 is 1.76 bits per heavy atom. The van der Waals surface area contributed by atoms with Gasteiger partial charge in [-0.05, 0) is 41.7 Å². The molecule has 2 aromatic rings. The van der Waals surface area contributed by atoms with E-state index in [1.165, 1.54) is 0 Å². The zero-order valence-corrected chi connectivity index (χ0v) is 11.4. The Labute approximate surface area is 122 Å². The molecule has 4 nitrogen and oxygen atoms in total. The van der Waals surface area contributed by atoms with Crippen LogP contribution < -0.4 is 5.73 Å². The van der Waals surface area contributed by atoms with Crippen molar-refractivity contribution in [1.82, 2.24) is 0 Å². The number of carbonyl (C=O) groups is 2. The molecule has 1 amide bonds. The lowest BCUT2D eigenvalue weighted by Gasteiger charge is -2.12. The summed E-state index contributed by atoms with van der Waals surface area (Å²) in [5.41, 5.74) is 8.14. The number of hydrogen-bond donors (Lipinski definition) is 2. The Balaban J connectivity index is 1.87. The predicted molar refractivity (Wildman–Crippen MR) is 78.9 cm³/mol. The number of hydrogen-bond acceptors (Lipinski definition) is 2. The van der Waals surface area contributed by atoms with Crippen LogP contribution in [-0.2, 0) is 10.2 Å². The van der Waals surface area contributed by atoms with Crippen molar-refractivity contribution in [3.05, 3.63) is 59.7 Å². The molecule has 1 aliphatic carbocycles. The normalized spacial score (nSPS) is 15.4. The van der Waals surface area contributed by atoms with Crippen molar-refractivity contribution in [2.45, 2.75) is 18.3 Å². The average Bonchev–Trinajstić information content (AvgIpc) is 3.29. The highest BCUT2D eigenvalue weighted by molar-refractivity contribution is 5.90. The van der Waals surface area contributed by atoms with Gasteiger partial charge in [0.2, 0.25) is 5.91 Å². The molecule has 0 atom stereocenters. The Bertz CT molecular complexity index is 698. The molecule has 4 heteroatoms. The van der Waals surface area contributed by atoms with E-state index in [4.69, 9.17) is 10.8 Å². The van der Waals surface area contributed by atoms with Gasteiger partial charge in [-0.2, -0.15) is 0 Å². The largest absolute Gasteiger partial charge is 0.478 e. The lowest BCUT2D eigenvalue weighted by atomic mass is 9.93. The first-order valence-corrected chi connectivity index (χ1v) is 6.77. The van der Waals surface area contributed by atoms with Gasteiger partial charge in [0.1, 0.15) is 0 Å². The van der Waals surface area contributed by atoms with Gasteiger partial charge in [0.15, 0.2) is 0 Å². The molecule has 3 N–H and O–H groups in total. The molecular weight excluding hydrogens is 266 g/mol. The van der Waals surface area contributed by atoms with Gasteiger partial charge in [-0.15, -0.1) is 0 Å². The topological polar surface area (TPSA) is 80.4 Å². The van der Waals surface area contributed by atoms with E-state index in [1.54, 1.807) is 24.3 Å². The summed E-state index contributed by atoms with van der Waals surface area (Å²) in [5, 5.41) is 8.89. The minimum atomic E-state index is -0.936. The summed E-state index contributed by atoms with van der Waals surface area (Å²) in [5.74, 6) is -1.20. The maximum Gasteiger partial charge on any atom is 0.335 e. The molecule has 3 rings (SSSR count). The number of amides is 1. The molecule has 0 unspecified atom stereocenters. The van der Waals surface area contributed by atoms with Gasteiger partial charge < -0.3 is 10.8 Å². The first-order chi connectivity index (χ1) is 10.0. The van der Waals surface area contributed by atoms with Gasteiger partial charge in [-0.25, -0.2) is 4.79 Å². The molecule has 0 aliphatic heterocycles. The van der Waals surface area contributed by atoms with Crippen LogP contribution in [0.4, 0.5) is 0 Å². The molecular formula is C17H15NO3. The van der Waals surface area contributed by atoms with Gasteiger partial charge in [0, 0.05) is 0 Å². The number of rotatable bonds is 4. The lowest BCUT2D eigenvalue weighted by molar-refractivity contribution is -0.120. The number of aromatic carboxylic acids is 1. The first kappa shape index (κ1) is 13.4. The van der Waals surface area contributed by atoms with E-state index in [9.17, 15) is 9.59 Å². The monoisotopic (exact) mass is 281 g/mol. The number of nitrogens with two attached hydrogens (primary N) is 1. The SMILES string of the molecule is NC(=O)C1(c2ccc(-c3ccc(C(=O)O)cc3)cc2)CC1. The molecule has 21 heavy (non-hydrogen) atoms. The van der Waals surface area contributed by atoms with Crippen LogP contribution in [0.25, 0.3) is 11.1 Å². The highest BCUT2D eigenvalue weighted by atomic mass is 16.4. The van der Waals surface area contributed by atoms with Crippen LogP contribution in [0.15, 0.2) is 48.5 Å². The Morgan fingerprint density at radius 2 is 1.38 bits per heavy atom. The maximum atomic E-state index is 11.5. The molecule has 0 saturated heterocycles. The smallest absolute Gasteiger partial charge is 0.335 e. The second-order valence-electron chi connectivity index (χ2n) is 5.41. The zero-order chi connectivity index (χ0) is 15.0. The van der Waals surface area contributed by atoms with E-state index < -0.39 is 11.4 Å². The van der Waals surface area contributed by atoms with E-state index in [1.807, 2.05) is 24.3 Å². The Kier molecular flexibility index (Phi) is 3.01. The van der Waals surface area contributed by atoms with Gasteiger partial charge >= 0.3 is 5.97 Å². The van der Waals surface area contributed by atoms with Crippen LogP contribution in [0.1, 0.15) is 28.8 Å². The summed E-state index contributed by atoms with van der Waals surface area (Å²) in [6.07, 6.45) is 1.63. The Morgan fingerprint density at radius 1 is 0.905 bits per heavy atom. The molecule has 1 fully saturated rings. The van der Waals surface area contributed by atoms with Crippen molar-refractivity contribution in [2.75, 3.05) is 0 Å². The van der Waals surface area contributed by atoms with E-state index >= 15 is 0 Å². The van der Waals surface area contributed by atoms with Crippen LogP contribution in [0.3, 0.4) is 0 Å². The molecule has 1 saturated carbocycles. The van der Waals surface area contributed by atoms with Crippen LogP contribution in [0.2, 0.25) is 0 Å². The van der Waals surface area contributed by atoms with Gasteiger partial charge in [0.05, 0.1) is 11.0 Å². The van der Waals surface area contributed by atoms with Crippen molar-refractivity contribution in [2.24, 2.45) is 5.73 Å². The molecule has 2 aromatic carbocycles.